The van der Waals surface area contributed by atoms with Gasteiger partial charge in [0.25, 0.3) is 5.69 Å². The van der Waals surface area contributed by atoms with E-state index in [0.717, 1.165) is 13.2 Å². The third-order valence-corrected chi connectivity index (χ3v) is 2.32. The zero-order valence-electron chi connectivity index (χ0n) is 9.39. The quantitative estimate of drug-likeness (QED) is 0.451. The predicted molar refractivity (Wildman–Crippen MR) is 58.5 cm³/mol. The number of benzene rings is 1. The Morgan fingerprint density at radius 2 is 2.24 bits per heavy atom. The normalized spacial score (nSPS) is 9.47. The molecule has 0 bridgehead atoms. The van der Waals surface area contributed by atoms with Crippen LogP contribution in [0, 0.1) is 21.4 Å². The molecular formula is C11H10N2O4. The van der Waals surface area contributed by atoms with Gasteiger partial charge in [-0.1, -0.05) is 6.92 Å². The molecule has 1 aromatic carbocycles. The molecule has 0 unspecified atom stereocenters. The van der Waals surface area contributed by atoms with E-state index < -0.39 is 16.6 Å². The number of nitriles is 1. The molecule has 1 rings (SSSR count). The molecule has 0 saturated carbocycles. The van der Waals surface area contributed by atoms with Crippen LogP contribution in [0.3, 0.4) is 0 Å². The number of hydrogen-bond donors (Lipinski definition) is 0. The SMILES string of the molecule is CCc1cc(C(=O)OC)c([N+](=O)[O-])cc1C#N. The van der Waals surface area contributed by atoms with Crippen LogP contribution in [-0.4, -0.2) is 18.0 Å². The fraction of sp³-hybridized carbons (Fsp3) is 0.273. The van der Waals surface area contributed by atoms with E-state index in [-0.39, 0.29) is 11.1 Å². The zero-order valence-corrected chi connectivity index (χ0v) is 9.39. The molecule has 0 spiro atoms. The van der Waals surface area contributed by atoms with Crippen LogP contribution < -0.4 is 0 Å². The number of aryl methyl sites for hydroxylation is 1. The minimum absolute atomic E-state index is 0.131. The molecule has 6 heteroatoms. The highest BCUT2D eigenvalue weighted by molar-refractivity contribution is 5.94. The van der Waals surface area contributed by atoms with Gasteiger partial charge in [0.1, 0.15) is 5.56 Å². The molecule has 0 radical (unpaired) electrons. The summed E-state index contributed by atoms with van der Waals surface area (Å²) in [6.07, 6.45) is 0.505. The topological polar surface area (TPSA) is 93.2 Å². The Morgan fingerprint density at radius 1 is 1.59 bits per heavy atom. The summed E-state index contributed by atoms with van der Waals surface area (Å²) >= 11 is 0. The number of methoxy groups -OCH3 is 1. The Kier molecular flexibility index (Phi) is 3.78. The van der Waals surface area contributed by atoms with Gasteiger partial charge in [-0.3, -0.25) is 10.1 Å². The van der Waals surface area contributed by atoms with Crippen molar-refractivity contribution < 1.29 is 14.5 Å². The second kappa shape index (κ2) is 5.07. The molecule has 0 N–H and O–H groups in total. The van der Waals surface area contributed by atoms with Crippen LogP contribution in [0.2, 0.25) is 0 Å². The van der Waals surface area contributed by atoms with Crippen LogP contribution in [0.15, 0.2) is 12.1 Å². The van der Waals surface area contributed by atoms with Crippen LogP contribution in [0.4, 0.5) is 5.69 Å². The van der Waals surface area contributed by atoms with Crippen molar-refractivity contribution in [3.05, 3.63) is 38.9 Å². The number of rotatable bonds is 3. The van der Waals surface area contributed by atoms with Crippen molar-refractivity contribution in [2.75, 3.05) is 7.11 Å². The van der Waals surface area contributed by atoms with E-state index in [2.05, 4.69) is 4.74 Å². The molecule has 0 aromatic heterocycles. The molecule has 0 aliphatic heterocycles. The number of nitro groups is 1. The number of ether oxygens (including phenoxy) is 1. The first-order valence-electron chi connectivity index (χ1n) is 4.84. The van der Waals surface area contributed by atoms with Crippen molar-refractivity contribution in [2.24, 2.45) is 0 Å². The van der Waals surface area contributed by atoms with E-state index in [9.17, 15) is 14.9 Å². The Morgan fingerprint density at radius 3 is 2.65 bits per heavy atom. The number of carbonyl (C=O) groups is 1. The molecule has 0 aliphatic carbocycles. The van der Waals surface area contributed by atoms with Gasteiger partial charge in [0.2, 0.25) is 0 Å². The second-order valence-corrected chi connectivity index (χ2v) is 3.24. The van der Waals surface area contributed by atoms with Gasteiger partial charge >= 0.3 is 5.97 Å². The van der Waals surface area contributed by atoms with Crippen molar-refractivity contribution in [3.63, 3.8) is 0 Å². The first-order chi connectivity index (χ1) is 8.04. The number of nitrogens with zero attached hydrogens (tertiary/aromatic N) is 2. The van der Waals surface area contributed by atoms with Gasteiger partial charge in [-0.25, -0.2) is 4.79 Å². The second-order valence-electron chi connectivity index (χ2n) is 3.24. The number of esters is 1. The monoisotopic (exact) mass is 234 g/mol. The fourth-order valence-corrected chi connectivity index (χ4v) is 1.45. The van der Waals surface area contributed by atoms with E-state index in [1.54, 1.807) is 6.92 Å². The van der Waals surface area contributed by atoms with E-state index in [1.165, 1.54) is 6.07 Å². The van der Waals surface area contributed by atoms with Crippen LogP contribution in [-0.2, 0) is 11.2 Å². The van der Waals surface area contributed by atoms with Crippen molar-refractivity contribution >= 4 is 11.7 Å². The summed E-state index contributed by atoms with van der Waals surface area (Å²) in [6.45, 7) is 1.79. The molecule has 6 nitrogen and oxygen atoms in total. The number of hydrogen-bond acceptors (Lipinski definition) is 5. The smallest absolute Gasteiger partial charge is 0.344 e. The molecule has 0 atom stereocenters. The highest BCUT2D eigenvalue weighted by atomic mass is 16.6. The molecular weight excluding hydrogens is 224 g/mol. The fourth-order valence-electron chi connectivity index (χ4n) is 1.45. The maximum Gasteiger partial charge on any atom is 0.344 e. The maximum atomic E-state index is 11.4. The zero-order chi connectivity index (χ0) is 13.0. The lowest BCUT2D eigenvalue weighted by molar-refractivity contribution is -0.385. The Hall–Kier alpha value is -2.42. The minimum atomic E-state index is -0.782. The highest BCUT2D eigenvalue weighted by Gasteiger charge is 2.23. The minimum Gasteiger partial charge on any atom is -0.465 e. The first kappa shape index (κ1) is 12.6. The molecule has 0 heterocycles. The molecule has 88 valence electrons. The average molecular weight is 234 g/mol. The van der Waals surface area contributed by atoms with E-state index in [0.29, 0.717) is 12.0 Å². The molecule has 0 aliphatic rings. The van der Waals surface area contributed by atoms with Crippen LogP contribution in [0.25, 0.3) is 0 Å². The van der Waals surface area contributed by atoms with E-state index >= 15 is 0 Å². The number of carbonyl (C=O) groups excluding carboxylic acids is 1. The van der Waals surface area contributed by atoms with Crippen LogP contribution in [0.1, 0.15) is 28.4 Å². The van der Waals surface area contributed by atoms with Gasteiger partial charge < -0.3 is 4.74 Å². The summed E-state index contributed by atoms with van der Waals surface area (Å²) in [6, 6.07) is 4.31. The highest BCUT2D eigenvalue weighted by Crippen LogP contribution is 2.24. The lowest BCUT2D eigenvalue weighted by Gasteiger charge is -2.05. The van der Waals surface area contributed by atoms with Crippen molar-refractivity contribution in [1.29, 1.82) is 5.26 Å². The van der Waals surface area contributed by atoms with Crippen molar-refractivity contribution in [2.45, 2.75) is 13.3 Å². The predicted octanol–water partition coefficient (Wildman–Crippen LogP) is 1.82. The molecule has 1 aromatic rings. The van der Waals surface area contributed by atoms with Gasteiger partial charge in [0.15, 0.2) is 0 Å². The van der Waals surface area contributed by atoms with Crippen molar-refractivity contribution in [3.8, 4) is 6.07 Å². The van der Waals surface area contributed by atoms with E-state index in [1.807, 2.05) is 6.07 Å². The Labute approximate surface area is 97.6 Å². The number of nitro benzene ring substituents is 1. The Bertz CT molecular complexity index is 517. The summed E-state index contributed by atoms with van der Waals surface area (Å²) in [5.41, 5.74) is 0.240. The third kappa shape index (κ3) is 2.39. The lowest BCUT2D eigenvalue weighted by atomic mass is 10.0. The van der Waals surface area contributed by atoms with Gasteiger partial charge in [-0.2, -0.15) is 5.26 Å². The van der Waals surface area contributed by atoms with Crippen LogP contribution in [0.5, 0.6) is 0 Å². The Balaban J connectivity index is 3.52. The van der Waals surface area contributed by atoms with E-state index in [4.69, 9.17) is 5.26 Å². The largest absolute Gasteiger partial charge is 0.465 e. The first-order valence-corrected chi connectivity index (χ1v) is 4.84. The summed E-state index contributed by atoms with van der Waals surface area (Å²) in [4.78, 5) is 21.5. The van der Waals surface area contributed by atoms with Gasteiger partial charge in [0, 0.05) is 6.07 Å². The van der Waals surface area contributed by atoms with Crippen molar-refractivity contribution in [1.82, 2.24) is 0 Å². The summed E-state index contributed by atoms with van der Waals surface area (Å²) in [5.74, 6) is -0.782. The summed E-state index contributed by atoms with van der Waals surface area (Å²) < 4.78 is 4.47. The van der Waals surface area contributed by atoms with Gasteiger partial charge in [0.05, 0.1) is 23.7 Å². The average Bonchev–Trinajstić information content (AvgIpc) is 2.35. The van der Waals surface area contributed by atoms with Gasteiger partial charge in [-0.05, 0) is 18.1 Å². The third-order valence-electron chi connectivity index (χ3n) is 2.32. The molecule has 17 heavy (non-hydrogen) atoms. The summed E-state index contributed by atoms with van der Waals surface area (Å²) in [7, 11) is 1.15. The molecule has 0 amide bonds. The molecule has 0 fully saturated rings. The summed E-state index contributed by atoms with van der Waals surface area (Å²) in [5, 5.41) is 19.7. The molecule has 0 saturated heterocycles. The van der Waals surface area contributed by atoms with Gasteiger partial charge in [-0.15, -0.1) is 0 Å². The van der Waals surface area contributed by atoms with Crippen LogP contribution >= 0.6 is 0 Å². The lowest BCUT2D eigenvalue weighted by Crippen LogP contribution is -2.07. The maximum absolute atomic E-state index is 11.4. The standard InChI is InChI=1S/C11H10N2O4/c1-3-7-4-9(11(14)17-2)10(13(15)16)5-8(7)6-12/h4-5H,3H2,1-2H3.